The number of aliphatic hydroxyl groups is 1. The van der Waals surface area contributed by atoms with E-state index in [4.69, 9.17) is 9.84 Å². The normalized spacial score (nSPS) is 19.7. The number of hydrogen-bond donors (Lipinski definition) is 1. The van der Waals surface area contributed by atoms with Crippen molar-refractivity contribution in [1.82, 2.24) is 23.9 Å². The van der Waals surface area contributed by atoms with Crippen LogP contribution in [0, 0.1) is 0 Å². The molecule has 1 atom stereocenters. The summed E-state index contributed by atoms with van der Waals surface area (Å²) >= 11 is 1.11. The molecule has 280 valence electrons. The molecule has 4 heterocycles. The highest BCUT2D eigenvalue weighted by Crippen LogP contribution is 2.41. The van der Waals surface area contributed by atoms with E-state index in [9.17, 15) is 31.1 Å². The molecule has 2 aromatic carbocycles. The fourth-order valence-electron chi connectivity index (χ4n) is 7.55. The predicted octanol–water partition coefficient (Wildman–Crippen LogP) is 5.66. The fraction of sp³-hybridized carbons (Fsp3) is 0.583. The summed E-state index contributed by atoms with van der Waals surface area (Å²) in [5, 5.41) is 16.1. The van der Waals surface area contributed by atoms with Crippen molar-refractivity contribution in [3.8, 4) is 17.0 Å². The SMILES string of the molecule is COc1ccccc1C1CCN(C[C@@H](O)Cn2nc(-c3ccc(C(F)(F)F)c(SCCN4CCC(F)CC4)c3)c3c2CCN(S(C)(=O)=O)C3)CC1. The molecule has 6 rings (SSSR count). The standard InChI is InChI=1S/C36H47F4N5O4S2/c1-49-33-6-4-3-5-29(33)25-9-14-43(15-10-25)22-28(46)23-45-32-13-18-44(51(2,47)48)24-30(32)35(41-45)26-7-8-31(36(38,39)40)34(21-26)50-20-19-42-16-11-27(37)12-17-42/h3-8,21,25,27-28,46H,9-20,22-24H2,1-2H3/t28-/m1/s1. The Morgan fingerprint density at radius 1 is 1.00 bits per heavy atom. The molecule has 51 heavy (non-hydrogen) atoms. The van der Waals surface area contributed by atoms with Gasteiger partial charge in [-0.2, -0.15) is 22.6 Å². The van der Waals surface area contributed by atoms with Gasteiger partial charge < -0.3 is 19.6 Å². The lowest BCUT2D eigenvalue weighted by atomic mass is 9.88. The first-order valence-corrected chi connectivity index (χ1v) is 20.4. The van der Waals surface area contributed by atoms with Crippen molar-refractivity contribution >= 4 is 21.8 Å². The number of nitrogens with zero attached hydrogens (tertiary/aromatic N) is 5. The molecule has 3 aliphatic heterocycles. The van der Waals surface area contributed by atoms with E-state index in [0.29, 0.717) is 73.9 Å². The number of methoxy groups -OCH3 is 1. The van der Waals surface area contributed by atoms with Gasteiger partial charge in [0, 0.05) is 73.2 Å². The number of β-amino-alcohol motifs (C(OH)–C–C–N with tert-alkyl or cyclic N) is 1. The molecular weight excluding hydrogens is 707 g/mol. The number of likely N-dealkylation sites (tertiary alicyclic amines) is 2. The molecule has 0 radical (unpaired) electrons. The Hall–Kier alpha value is -2.69. The van der Waals surface area contributed by atoms with E-state index in [0.717, 1.165) is 61.5 Å². The summed E-state index contributed by atoms with van der Waals surface area (Å²) < 4.78 is 89.8. The van der Waals surface area contributed by atoms with Gasteiger partial charge in [0.25, 0.3) is 0 Å². The zero-order chi connectivity index (χ0) is 36.3. The Bertz CT molecular complexity index is 1760. The van der Waals surface area contributed by atoms with Gasteiger partial charge in [-0.25, -0.2) is 12.8 Å². The molecule has 0 spiro atoms. The Morgan fingerprint density at radius 3 is 2.39 bits per heavy atom. The molecule has 2 fully saturated rings. The van der Waals surface area contributed by atoms with Gasteiger partial charge in [0.2, 0.25) is 10.0 Å². The number of alkyl halides is 4. The van der Waals surface area contributed by atoms with Crippen molar-refractivity contribution in [3.63, 3.8) is 0 Å². The maximum absolute atomic E-state index is 14.1. The molecule has 1 aromatic heterocycles. The third kappa shape index (κ3) is 9.28. The molecule has 0 bridgehead atoms. The lowest BCUT2D eigenvalue weighted by Gasteiger charge is -2.34. The van der Waals surface area contributed by atoms with Gasteiger partial charge in [0.15, 0.2) is 0 Å². The first-order valence-electron chi connectivity index (χ1n) is 17.6. The van der Waals surface area contributed by atoms with E-state index in [-0.39, 0.29) is 24.5 Å². The summed E-state index contributed by atoms with van der Waals surface area (Å²) in [6.45, 7) is 4.23. The number of piperidine rings is 2. The molecule has 0 aliphatic carbocycles. The van der Waals surface area contributed by atoms with Crippen LogP contribution in [0.2, 0.25) is 0 Å². The van der Waals surface area contributed by atoms with Crippen molar-refractivity contribution in [2.24, 2.45) is 0 Å². The second-order valence-electron chi connectivity index (χ2n) is 13.8. The van der Waals surface area contributed by atoms with E-state index in [1.807, 2.05) is 18.2 Å². The van der Waals surface area contributed by atoms with Gasteiger partial charge in [-0.1, -0.05) is 24.3 Å². The molecule has 0 unspecified atom stereocenters. The monoisotopic (exact) mass is 753 g/mol. The van der Waals surface area contributed by atoms with Gasteiger partial charge >= 0.3 is 6.18 Å². The lowest BCUT2D eigenvalue weighted by Crippen LogP contribution is -2.40. The summed E-state index contributed by atoms with van der Waals surface area (Å²) in [5.41, 5.74) is 2.76. The number of hydrogen-bond acceptors (Lipinski definition) is 8. The van der Waals surface area contributed by atoms with Crippen molar-refractivity contribution < 1.29 is 35.8 Å². The van der Waals surface area contributed by atoms with E-state index < -0.39 is 34.0 Å². The number of aromatic nitrogens is 2. The summed E-state index contributed by atoms with van der Waals surface area (Å²) in [4.78, 5) is 4.38. The minimum Gasteiger partial charge on any atom is -0.496 e. The number of para-hydroxylation sites is 1. The molecule has 3 aliphatic rings. The summed E-state index contributed by atoms with van der Waals surface area (Å²) in [6.07, 6.45) is -1.91. The molecule has 2 saturated heterocycles. The van der Waals surface area contributed by atoms with Gasteiger partial charge in [-0.05, 0) is 68.5 Å². The quantitative estimate of drug-likeness (QED) is 0.187. The minimum atomic E-state index is -4.56. The van der Waals surface area contributed by atoms with Crippen LogP contribution in [0.25, 0.3) is 11.3 Å². The van der Waals surface area contributed by atoms with Crippen LogP contribution < -0.4 is 4.74 Å². The van der Waals surface area contributed by atoms with Crippen LogP contribution in [-0.2, 0) is 35.7 Å². The van der Waals surface area contributed by atoms with Crippen LogP contribution in [0.15, 0.2) is 47.4 Å². The highest BCUT2D eigenvalue weighted by Gasteiger charge is 2.35. The average Bonchev–Trinajstić information content (AvgIpc) is 3.46. The lowest BCUT2D eigenvalue weighted by molar-refractivity contribution is -0.139. The Balaban J connectivity index is 1.20. The zero-order valence-corrected chi connectivity index (χ0v) is 30.7. The van der Waals surface area contributed by atoms with Crippen molar-refractivity contribution in [1.29, 1.82) is 0 Å². The average molecular weight is 754 g/mol. The smallest absolute Gasteiger partial charge is 0.417 e. The van der Waals surface area contributed by atoms with Gasteiger partial charge in [0.1, 0.15) is 11.9 Å². The van der Waals surface area contributed by atoms with Crippen LogP contribution in [0.1, 0.15) is 54.0 Å². The van der Waals surface area contributed by atoms with Crippen LogP contribution in [0.3, 0.4) is 0 Å². The number of ether oxygens (including phenoxy) is 1. The highest BCUT2D eigenvalue weighted by molar-refractivity contribution is 7.99. The van der Waals surface area contributed by atoms with E-state index in [2.05, 4.69) is 15.9 Å². The summed E-state index contributed by atoms with van der Waals surface area (Å²) in [5.74, 6) is 1.66. The fourth-order valence-corrected chi connectivity index (χ4v) is 9.46. The molecule has 1 N–H and O–H groups in total. The molecule has 3 aromatic rings. The Kier molecular flexibility index (Phi) is 12.0. The summed E-state index contributed by atoms with van der Waals surface area (Å²) in [7, 11) is -1.86. The number of aliphatic hydroxyl groups excluding tert-OH is 1. The Labute approximate surface area is 302 Å². The second-order valence-corrected chi connectivity index (χ2v) is 17.0. The number of halogens is 4. The minimum absolute atomic E-state index is 0.0457. The largest absolute Gasteiger partial charge is 0.496 e. The van der Waals surface area contributed by atoms with Crippen molar-refractivity contribution in [2.45, 2.75) is 74.5 Å². The van der Waals surface area contributed by atoms with Gasteiger partial charge in [0.05, 0.1) is 37.3 Å². The van der Waals surface area contributed by atoms with Crippen LogP contribution in [-0.4, -0.2) is 115 Å². The molecule has 9 nitrogen and oxygen atoms in total. The van der Waals surface area contributed by atoms with Gasteiger partial charge in [-0.3, -0.25) is 4.68 Å². The third-order valence-corrected chi connectivity index (χ3v) is 12.6. The van der Waals surface area contributed by atoms with E-state index >= 15 is 0 Å². The highest BCUT2D eigenvalue weighted by atomic mass is 32.2. The molecular formula is C36H47F4N5O4S2. The van der Waals surface area contributed by atoms with Crippen LogP contribution in [0.5, 0.6) is 5.75 Å². The maximum atomic E-state index is 14.1. The topological polar surface area (TPSA) is 91.1 Å². The predicted molar refractivity (Wildman–Crippen MR) is 190 cm³/mol. The number of fused-ring (bicyclic) bond motifs is 1. The van der Waals surface area contributed by atoms with Crippen LogP contribution >= 0.6 is 11.8 Å². The molecule has 0 amide bonds. The zero-order valence-electron chi connectivity index (χ0n) is 29.1. The van der Waals surface area contributed by atoms with E-state index in [1.54, 1.807) is 11.8 Å². The number of sulfonamides is 1. The first-order chi connectivity index (χ1) is 24.3. The van der Waals surface area contributed by atoms with Crippen LogP contribution in [0.4, 0.5) is 17.6 Å². The van der Waals surface area contributed by atoms with Crippen molar-refractivity contribution in [3.05, 3.63) is 64.8 Å². The van der Waals surface area contributed by atoms with Crippen molar-refractivity contribution in [2.75, 3.05) is 64.9 Å². The Morgan fingerprint density at radius 2 is 1.71 bits per heavy atom. The molecule has 15 heteroatoms. The summed E-state index contributed by atoms with van der Waals surface area (Å²) in [6, 6.07) is 12.0. The number of rotatable bonds is 12. The second kappa shape index (κ2) is 16.1. The maximum Gasteiger partial charge on any atom is 0.417 e. The first kappa shape index (κ1) is 38.0. The van der Waals surface area contributed by atoms with E-state index in [1.165, 1.54) is 22.0 Å². The molecule has 0 saturated carbocycles. The van der Waals surface area contributed by atoms with Gasteiger partial charge in [-0.15, -0.1) is 11.8 Å². The third-order valence-electron chi connectivity index (χ3n) is 10.3. The number of thioether (sulfide) groups is 1. The number of benzene rings is 2.